The smallest absolute Gasteiger partial charge is 0.238 e. The van der Waals surface area contributed by atoms with Crippen molar-refractivity contribution in [1.82, 2.24) is 4.90 Å². The summed E-state index contributed by atoms with van der Waals surface area (Å²) in [6.45, 7) is 0.823. The van der Waals surface area contributed by atoms with Crippen LogP contribution >= 0.6 is 11.8 Å². The zero-order valence-electron chi connectivity index (χ0n) is 13.2. The number of carbonyl (C=O) groups excluding carboxylic acids is 1. The van der Waals surface area contributed by atoms with E-state index in [-0.39, 0.29) is 12.5 Å². The van der Waals surface area contributed by atoms with Crippen molar-refractivity contribution in [3.05, 3.63) is 59.7 Å². The molecule has 0 saturated carbocycles. The fourth-order valence-corrected chi connectivity index (χ4v) is 2.85. The Labute approximate surface area is 141 Å². The maximum Gasteiger partial charge on any atom is 0.238 e. The van der Waals surface area contributed by atoms with E-state index in [4.69, 9.17) is 5.26 Å². The largest absolute Gasteiger partial charge is 0.324 e. The van der Waals surface area contributed by atoms with E-state index in [1.807, 2.05) is 60.7 Å². The molecular weight excluding hydrogens is 306 g/mol. The predicted molar refractivity (Wildman–Crippen MR) is 94.3 cm³/mol. The van der Waals surface area contributed by atoms with Gasteiger partial charge in [0.15, 0.2) is 0 Å². The third-order valence-corrected chi connectivity index (χ3v) is 4.17. The molecule has 0 aliphatic rings. The lowest BCUT2D eigenvalue weighted by Gasteiger charge is -2.17. The summed E-state index contributed by atoms with van der Waals surface area (Å²) >= 11 is 1.60. The predicted octanol–water partition coefficient (Wildman–Crippen LogP) is 3.35. The van der Waals surface area contributed by atoms with E-state index < -0.39 is 0 Å². The third kappa shape index (κ3) is 4.85. The van der Waals surface area contributed by atoms with Gasteiger partial charge in [-0.25, -0.2) is 0 Å². The summed E-state index contributed by atoms with van der Waals surface area (Å²) in [7, 11) is 1.87. The summed E-state index contributed by atoms with van der Waals surface area (Å²) in [6.07, 6.45) is 1.98. The van der Waals surface area contributed by atoms with Crippen LogP contribution in [0.5, 0.6) is 0 Å². The number of anilines is 1. The van der Waals surface area contributed by atoms with E-state index in [0.29, 0.717) is 12.1 Å². The lowest BCUT2D eigenvalue weighted by atomic mass is 10.1. The van der Waals surface area contributed by atoms with Crippen LogP contribution in [0.2, 0.25) is 0 Å². The van der Waals surface area contributed by atoms with E-state index in [1.165, 1.54) is 0 Å². The van der Waals surface area contributed by atoms with E-state index in [2.05, 4.69) is 11.4 Å². The second-order valence-corrected chi connectivity index (χ2v) is 6.04. The quantitative estimate of drug-likeness (QED) is 0.828. The van der Waals surface area contributed by atoms with Crippen LogP contribution in [0, 0.1) is 11.3 Å². The first-order valence-electron chi connectivity index (χ1n) is 7.23. The van der Waals surface area contributed by atoms with Gasteiger partial charge < -0.3 is 5.32 Å². The number of nitrogens with zero attached hydrogens (tertiary/aromatic N) is 2. The molecule has 2 rings (SSSR count). The molecule has 23 heavy (non-hydrogen) atoms. The Morgan fingerprint density at radius 2 is 1.91 bits per heavy atom. The highest BCUT2D eigenvalue weighted by Gasteiger charge is 2.11. The van der Waals surface area contributed by atoms with Crippen molar-refractivity contribution in [3.8, 4) is 6.07 Å². The van der Waals surface area contributed by atoms with Gasteiger partial charge >= 0.3 is 0 Å². The van der Waals surface area contributed by atoms with Gasteiger partial charge in [0.05, 0.1) is 23.9 Å². The monoisotopic (exact) mass is 325 g/mol. The van der Waals surface area contributed by atoms with Gasteiger partial charge in [-0.1, -0.05) is 30.3 Å². The number of para-hydroxylation sites is 1. The maximum atomic E-state index is 12.2. The van der Waals surface area contributed by atoms with Gasteiger partial charge in [0.1, 0.15) is 0 Å². The van der Waals surface area contributed by atoms with Crippen molar-refractivity contribution < 1.29 is 4.79 Å². The van der Waals surface area contributed by atoms with Gasteiger partial charge in [-0.05, 0) is 37.1 Å². The van der Waals surface area contributed by atoms with E-state index in [9.17, 15) is 4.79 Å². The Morgan fingerprint density at radius 1 is 1.22 bits per heavy atom. The molecule has 0 unspecified atom stereocenters. The normalized spacial score (nSPS) is 10.3. The Kier molecular flexibility index (Phi) is 6.21. The summed E-state index contributed by atoms with van der Waals surface area (Å²) in [5.74, 6) is -0.0663. The summed E-state index contributed by atoms with van der Waals surface area (Å²) < 4.78 is 0. The molecule has 1 amide bonds. The van der Waals surface area contributed by atoms with Crippen LogP contribution in [-0.4, -0.2) is 30.7 Å². The van der Waals surface area contributed by atoms with Gasteiger partial charge in [-0.2, -0.15) is 5.26 Å². The number of benzene rings is 2. The number of hydrogen-bond donors (Lipinski definition) is 1. The first-order valence-corrected chi connectivity index (χ1v) is 8.46. The number of amides is 1. The van der Waals surface area contributed by atoms with Gasteiger partial charge in [-0.15, -0.1) is 11.8 Å². The number of nitrogens with one attached hydrogen (secondary N) is 1. The zero-order valence-corrected chi connectivity index (χ0v) is 14.1. The molecule has 0 saturated heterocycles. The number of likely N-dealkylation sites (N-methyl/N-ethyl adjacent to an activating group) is 1. The molecule has 1 N–H and O–H groups in total. The summed E-state index contributed by atoms with van der Waals surface area (Å²) in [5, 5.41) is 12.1. The second kappa shape index (κ2) is 8.37. The molecule has 118 valence electrons. The van der Waals surface area contributed by atoms with E-state index in [0.717, 1.165) is 16.1 Å². The van der Waals surface area contributed by atoms with Crippen molar-refractivity contribution in [2.45, 2.75) is 11.4 Å². The molecule has 0 radical (unpaired) electrons. The van der Waals surface area contributed by atoms with Gasteiger partial charge in [-0.3, -0.25) is 9.69 Å². The highest BCUT2D eigenvalue weighted by molar-refractivity contribution is 7.98. The van der Waals surface area contributed by atoms with Crippen molar-refractivity contribution in [1.29, 1.82) is 5.26 Å². The SMILES string of the molecule is CSc1ccccc1NC(=O)CN(C)Cc1ccccc1C#N. The maximum absolute atomic E-state index is 12.2. The molecule has 4 nitrogen and oxygen atoms in total. The summed E-state index contributed by atoms with van der Waals surface area (Å²) in [6, 6.07) is 17.4. The number of carbonyl (C=O) groups is 1. The van der Waals surface area contributed by atoms with E-state index in [1.54, 1.807) is 17.8 Å². The lowest BCUT2D eigenvalue weighted by Crippen LogP contribution is -2.30. The average molecular weight is 325 g/mol. The van der Waals surface area contributed by atoms with Crippen LogP contribution in [0.4, 0.5) is 5.69 Å². The van der Waals surface area contributed by atoms with Crippen LogP contribution in [0.3, 0.4) is 0 Å². The third-order valence-electron chi connectivity index (χ3n) is 3.37. The first-order chi connectivity index (χ1) is 11.1. The standard InChI is InChI=1S/C18H19N3OS/c1-21(12-15-8-4-3-7-14(15)11-19)13-18(22)20-16-9-5-6-10-17(16)23-2/h3-10H,12-13H2,1-2H3,(H,20,22). The van der Waals surface area contributed by atoms with E-state index >= 15 is 0 Å². The molecule has 0 aromatic heterocycles. The average Bonchev–Trinajstić information content (AvgIpc) is 2.55. The molecule has 0 atom stereocenters. The highest BCUT2D eigenvalue weighted by Crippen LogP contribution is 2.24. The molecular formula is C18H19N3OS. The minimum absolute atomic E-state index is 0.0663. The Balaban J connectivity index is 1.96. The van der Waals surface area contributed by atoms with Gasteiger partial charge in [0.25, 0.3) is 0 Å². The van der Waals surface area contributed by atoms with Crippen LogP contribution in [0.1, 0.15) is 11.1 Å². The lowest BCUT2D eigenvalue weighted by molar-refractivity contribution is -0.117. The van der Waals surface area contributed by atoms with Crippen LogP contribution in [-0.2, 0) is 11.3 Å². The topological polar surface area (TPSA) is 56.1 Å². The molecule has 0 aliphatic heterocycles. The van der Waals surface area contributed by atoms with Gasteiger partial charge in [0, 0.05) is 11.4 Å². The zero-order chi connectivity index (χ0) is 16.7. The van der Waals surface area contributed by atoms with Crippen molar-refractivity contribution in [2.75, 3.05) is 25.2 Å². The Hall–Kier alpha value is -2.29. The molecule has 0 aliphatic carbocycles. The highest BCUT2D eigenvalue weighted by atomic mass is 32.2. The second-order valence-electron chi connectivity index (χ2n) is 5.19. The molecule has 2 aromatic rings. The minimum atomic E-state index is -0.0663. The number of nitriles is 1. The molecule has 0 bridgehead atoms. The summed E-state index contributed by atoms with van der Waals surface area (Å²) in [4.78, 5) is 15.1. The number of rotatable bonds is 6. The van der Waals surface area contributed by atoms with Crippen LogP contribution in [0.25, 0.3) is 0 Å². The molecule has 5 heteroatoms. The van der Waals surface area contributed by atoms with Crippen LogP contribution in [0.15, 0.2) is 53.4 Å². The first kappa shape index (κ1) is 17.1. The van der Waals surface area contributed by atoms with Crippen molar-refractivity contribution in [2.24, 2.45) is 0 Å². The molecule has 0 fully saturated rings. The van der Waals surface area contributed by atoms with Crippen LogP contribution < -0.4 is 5.32 Å². The Morgan fingerprint density at radius 3 is 2.65 bits per heavy atom. The fourth-order valence-electron chi connectivity index (χ4n) is 2.30. The molecule has 0 heterocycles. The minimum Gasteiger partial charge on any atom is -0.324 e. The molecule has 0 spiro atoms. The Bertz CT molecular complexity index is 724. The van der Waals surface area contributed by atoms with Crippen molar-refractivity contribution in [3.63, 3.8) is 0 Å². The van der Waals surface area contributed by atoms with Crippen molar-refractivity contribution >= 4 is 23.4 Å². The summed E-state index contributed by atoms with van der Waals surface area (Å²) in [5.41, 5.74) is 2.40. The molecule has 2 aromatic carbocycles. The van der Waals surface area contributed by atoms with Gasteiger partial charge in [0.2, 0.25) is 5.91 Å². The number of hydrogen-bond acceptors (Lipinski definition) is 4. The number of thioether (sulfide) groups is 1. The fraction of sp³-hybridized carbons (Fsp3) is 0.222.